The highest BCUT2D eigenvalue weighted by Gasteiger charge is 1.97. The van der Waals surface area contributed by atoms with Crippen LogP contribution in [0.25, 0.3) is 11.2 Å². The smallest absolute Gasteiger partial charge is 0.180 e. The maximum absolute atomic E-state index is 4.28. The third kappa shape index (κ3) is 1.69. The van der Waals surface area contributed by atoms with Crippen molar-refractivity contribution in [1.29, 1.82) is 0 Å². The number of rotatable bonds is 3. The Morgan fingerprint density at radius 1 is 1.29 bits per heavy atom. The van der Waals surface area contributed by atoms with E-state index in [2.05, 4.69) is 26.8 Å². The summed E-state index contributed by atoms with van der Waals surface area (Å²) in [5, 5.41) is 3.09. The van der Waals surface area contributed by atoms with E-state index in [4.69, 9.17) is 0 Å². The van der Waals surface area contributed by atoms with Gasteiger partial charge >= 0.3 is 0 Å². The fourth-order valence-electron chi connectivity index (χ4n) is 1.13. The van der Waals surface area contributed by atoms with Crippen molar-refractivity contribution in [2.45, 2.75) is 0 Å². The Balaban J connectivity index is 2.36. The average molecular weight is 186 g/mol. The van der Waals surface area contributed by atoms with Crippen molar-refractivity contribution in [3.63, 3.8) is 0 Å². The van der Waals surface area contributed by atoms with Crippen molar-refractivity contribution in [3.8, 4) is 0 Å². The topological polar surface area (TPSA) is 50.7 Å². The van der Waals surface area contributed by atoms with E-state index in [1.807, 2.05) is 12.1 Å². The number of nitrogens with zero attached hydrogens (tertiary/aromatic N) is 3. The first-order valence-corrected chi connectivity index (χ1v) is 4.32. The van der Waals surface area contributed by atoms with Crippen LogP contribution in [0.15, 0.2) is 37.2 Å². The molecule has 0 spiro atoms. The lowest BCUT2D eigenvalue weighted by Crippen LogP contribution is -2.00. The zero-order valence-electron chi connectivity index (χ0n) is 7.64. The molecule has 0 aliphatic heterocycles. The Bertz CT molecular complexity index is 453. The fraction of sp³-hybridized carbons (Fsp3) is 0.100. The van der Waals surface area contributed by atoms with Gasteiger partial charge in [-0.05, 0) is 12.1 Å². The highest BCUT2D eigenvalue weighted by Crippen LogP contribution is 2.09. The third-order valence-corrected chi connectivity index (χ3v) is 1.76. The molecule has 0 fully saturated rings. The zero-order valence-corrected chi connectivity index (χ0v) is 7.64. The molecule has 0 aliphatic rings. The predicted octanol–water partition coefficient (Wildman–Crippen LogP) is 1.62. The summed E-state index contributed by atoms with van der Waals surface area (Å²) < 4.78 is 0. The second kappa shape index (κ2) is 3.83. The van der Waals surface area contributed by atoms with Crippen LogP contribution in [0, 0.1) is 0 Å². The first-order valence-electron chi connectivity index (χ1n) is 4.32. The van der Waals surface area contributed by atoms with Crippen molar-refractivity contribution in [1.82, 2.24) is 15.0 Å². The van der Waals surface area contributed by atoms with Crippen LogP contribution in [-0.2, 0) is 0 Å². The summed E-state index contributed by atoms with van der Waals surface area (Å²) in [7, 11) is 0. The van der Waals surface area contributed by atoms with E-state index in [0.29, 0.717) is 12.2 Å². The minimum absolute atomic E-state index is 0.654. The minimum atomic E-state index is 0.654. The largest absolute Gasteiger partial charge is 0.367 e. The van der Waals surface area contributed by atoms with Gasteiger partial charge in [0.25, 0.3) is 0 Å². The molecule has 14 heavy (non-hydrogen) atoms. The van der Waals surface area contributed by atoms with Gasteiger partial charge in [-0.15, -0.1) is 6.58 Å². The molecule has 4 heteroatoms. The SMILES string of the molecule is C=CCNc1ccc2nccnc2n1. The summed E-state index contributed by atoms with van der Waals surface area (Å²) in [5.41, 5.74) is 1.46. The lowest BCUT2D eigenvalue weighted by Gasteiger charge is -2.02. The van der Waals surface area contributed by atoms with E-state index in [0.717, 1.165) is 11.3 Å². The van der Waals surface area contributed by atoms with Crippen LogP contribution in [-0.4, -0.2) is 21.5 Å². The van der Waals surface area contributed by atoms with Gasteiger partial charge in [-0.2, -0.15) is 0 Å². The first-order chi connectivity index (χ1) is 6.90. The summed E-state index contributed by atoms with van der Waals surface area (Å²) in [4.78, 5) is 12.5. The van der Waals surface area contributed by atoms with E-state index >= 15 is 0 Å². The summed E-state index contributed by atoms with van der Waals surface area (Å²) in [5.74, 6) is 0.790. The molecule has 0 amide bonds. The number of aromatic nitrogens is 3. The molecule has 4 nitrogen and oxygen atoms in total. The molecular weight excluding hydrogens is 176 g/mol. The highest BCUT2D eigenvalue weighted by atomic mass is 15.0. The molecule has 70 valence electrons. The van der Waals surface area contributed by atoms with Crippen molar-refractivity contribution < 1.29 is 0 Å². The number of anilines is 1. The lowest BCUT2D eigenvalue weighted by molar-refractivity contribution is 1.19. The van der Waals surface area contributed by atoms with E-state index in [1.165, 1.54) is 0 Å². The molecule has 0 aromatic carbocycles. The van der Waals surface area contributed by atoms with Crippen LogP contribution in [0.5, 0.6) is 0 Å². The quantitative estimate of drug-likeness (QED) is 0.740. The van der Waals surface area contributed by atoms with Gasteiger partial charge in [-0.3, -0.25) is 4.98 Å². The predicted molar refractivity (Wildman–Crippen MR) is 56.0 cm³/mol. The Hall–Kier alpha value is -1.97. The molecule has 1 N–H and O–H groups in total. The third-order valence-electron chi connectivity index (χ3n) is 1.76. The highest BCUT2D eigenvalue weighted by molar-refractivity contribution is 5.71. The van der Waals surface area contributed by atoms with Crippen LogP contribution in [0.4, 0.5) is 5.82 Å². The number of hydrogen-bond acceptors (Lipinski definition) is 4. The molecule has 0 bridgehead atoms. The number of hydrogen-bond donors (Lipinski definition) is 1. The normalized spacial score (nSPS) is 10.0. The average Bonchev–Trinajstić information content (AvgIpc) is 2.26. The van der Waals surface area contributed by atoms with Gasteiger partial charge in [0, 0.05) is 18.9 Å². The van der Waals surface area contributed by atoms with Crippen LogP contribution < -0.4 is 5.32 Å². The van der Waals surface area contributed by atoms with Crippen molar-refractivity contribution >= 4 is 17.0 Å². The molecular formula is C10H10N4. The first kappa shape index (κ1) is 8.62. The van der Waals surface area contributed by atoms with Crippen LogP contribution in [0.1, 0.15) is 0 Å². The zero-order chi connectivity index (χ0) is 9.80. The summed E-state index contributed by atoms with van der Waals surface area (Å²) in [6.45, 7) is 4.31. The Labute approximate surface area is 81.7 Å². The number of nitrogens with one attached hydrogen (secondary N) is 1. The number of pyridine rings is 1. The van der Waals surface area contributed by atoms with Gasteiger partial charge in [0.05, 0.1) is 0 Å². The van der Waals surface area contributed by atoms with Crippen molar-refractivity contribution in [3.05, 3.63) is 37.2 Å². The second-order valence-electron chi connectivity index (χ2n) is 2.77. The van der Waals surface area contributed by atoms with Gasteiger partial charge in [0.2, 0.25) is 0 Å². The van der Waals surface area contributed by atoms with Gasteiger partial charge in [-0.25, -0.2) is 9.97 Å². The molecule has 0 atom stereocenters. The molecule has 2 heterocycles. The summed E-state index contributed by atoms with van der Waals surface area (Å²) in [6, 6.07) is 3.77. The van der Waals surface area contributed by atoms with Gasteiger partial charge < -0.3 is 5.32 Å². The maximum atomic E-state index is 4.28. The molecule has 2 aromatic heterocycles. The molecule has 2 rings (SSSR count). The molecule has 0 aliphatic carbocycles. The summed E-state index contributed by atoms with van der Waals surface area (Å²) in [6.07, 6.45) is 5.07. The van der Waals surface area contributed by atoms with Crippen molar-refractivity contribution in [2.75, 3.05) is 11.9 Å². The van der Waals surface area contributed by atoms with Gasteiger partial charge in [0.15, 0.2) is 5.65 Å². The van der Waals surface area contributed by atoms with Gasteiger partial charge in [0.1, 0.15) is 11.3 Å². The van der Waals surface area contributed by atoms with E-state index < -0.39 is 0 Å². The van der Waals surface area contributed by atoms with Crippen LogP contribution in [0.2, 0.25) is 0 Å². The van der Waals surface area contributed by atoms with E-state index in [9.17, 15) is 0 Å². The molecule has 0 unspecified atom stereocenters. The van der Waals surface area contributed by atoms with Crippen LogP contribution >= 0.6 is 0 Å². The maximum Gasteiger partial charge on any atom is 0.180 e. The Morgan fingerprint density at radius 3 is 3.00 bits per heavy atom. The molecule has 0 radical (unpaired) electrons. The Morgan fingerprint density at radius 2 is 2.14 bits per heavy atom. The Kier molecular flexibility index (Phi) is 2.36. The number of fused-ring (bicyclic) bond motifs is 1. The fourth-order valence-corrected chi connectivity index (χ4v) is 1.13. The lowest BCUT2D eigenvalue weighted by atomic mass is 10.4. The van der Waals surface area contributed by atoms with Gasteiger partial charge in [-0.1, -0.05) is 6.08 Å². The molecule has 0 saturated carbocycles. The van der Waals surface area contributed by atoms with E-state index in [-0.39, 0.29) is 0 Å². The van der Waals surface area contributed by atoms with Crippen LogP contribution in [0.3, 0.4) is 0 Å². The van der Waals surface area contributed by atoms with E-state index in [1.54, 1.807) is 18.5 Å². The van der Waals surface area contributed by atoms with Crippen molar-refractivity contribution in [2.24, 2.45) is 0 Å². The standard InChI is InChI=1S/C10H10N4/c1-2-5-12-9-4-3-8-10(14-9)13-7-6-11-8/h2-4,6-7H,1,5H2,(H,12,13,14). The second-order valence-corrected chi connectivity index (χ2v) is 2.77. The summed E-state index contributed by atoms with van der Waals surface area (Å²) >= 11 is 0. The minimum Gasteiger partial charge on any atom is -0.367 e. The monoisotopic (exact) mass is 186 g/mol. The molecule has 2 aromatic rings. The molecule has 0 saturated heterocycles.